The molecule has 0 aromatic heterocycles. The second-order valence-corrected chi connectivity index (χ2v) is 7.33. The van der Waals surface area contributed by atoms with E-state index < -0.39 is 0 Å². The Bertz CT molecular complexity index is 868. The summed E-state index contributed by atoms with van der Waals surface area (Å²) in [5.74, 6) is 1.96. The zero-order chi connectivity index (χ0) is 21.3. The second kappa shape index (κ2) is 12.4. The lowest BCUT2D eigenvalue weighted by atomic mass is 10.1. The molecular formula is C23H31IN4O3. The molecule has 1 heterocycles. The van der Waals surface area contributed by atoms with Gasteiger partial charge in [-0.2, -0.15) is 0 Å². The van der Waals surface area contributed by atoms with Gasteiger partial charge in [0.25, 0.3) is 0 Å². The van der Waals surface area contributed by atoms with Gasteiger partial charge in [-0.3, -0.25) is 0 Å². The third-order valence-corrected chi connectivity index (χ3v) is 4.99. The number of benzene rings is 2. The maximum absolute atomic E-state index is 11.8. The highest BCUT2D eigenvalue weighted by Crippen LogP contribution is 2.27. The number of hydrogen-bond donors (Lipinski definition) is 2. The fraction of sp³-hybridized carbons (Fsp3) is 0.391. The van der Waals surface area contributed by atoms with Crippen LogP contribution in [-0.4, -0.2) is 42.7 Å². The van der Waals surface area contributed by atoms with E-state index in [2.05, 4.69) is 10.3 Å². The van der Waals surface area contributed by atoms with Crippen LogP contribution in [0.3, 0.4) is 0 Å². The van der Waals surface area contributed by atoms with Gasteiger partial charge in [0.05, 0.1) is 13.2 Å². The van der Waals surface area contributed by atoms with Crippen LogP contribution in [0.4, 0.5) is 4.79 Å². The van der Waals surface area contributed by atoms with Crippen molar-refractivity contribution in [1.29, 1.82) is 0 Å². The molecule has 0 atom stereocenters. The highest BCUT2D eigenvalue weighted by Gasteiger charge is 2.23. The average molecular weight is 538 g/mol. The van der Waals surface area contributed by atoms with E-state index >= 15 is 0 Å². The number of guanidine groups is 1. The minimum atomic E-state index is -0.247. The van der Waals surface area contributed by atoms with Crippen LogP contribution in [0.15, 0.2) is 53.5 Å². The highest BCUT2D eigenvalue weighted by molar-refractivity contribution is 14.0. The summed E-state index contributed by atoms with van der Waals surface area (Å²) in [6.45, 7) is 5.96. The number of halogens is 1. The van der Waals surface area contributed by atoms with E-state index in [0.29, 0.717) is 32.2 Å². The maximum atomic E-state index is 11.8. The van der Waals surface area contributed by atoms with Gasteiger partial charge in [-0.05, 0) is 50.5 Å². The van der Waals surface area contributed by atoms with Gasteiger partial charge in [0.15, 0.2) is 5.96 Å². The number of piperidine rings is 1. The summed E-state index contributed by atoms with van der Waals surface area (Å²) in [7, 11) is 0. The van der Waals surface area contributed by atoms with Gasteiger partial charge in [-0.15, -0.1) is 24.0 Å². The lowest BCUT2D eigenvalue weighted by Gasteiger charge is -2.31. The zero-order valence-electron chi connectivity index (χ0n) is 18.0. The molecular weight excluding hydrogens is 507 g/mol. The number of likely N-dealkylation sites (tertiary alicyclic amines) is 1. The first-order chi connectivity index (χ1) is 14.5. The predicted octanol–water partition coefficient (Wildman–Crippen LogP) is 4.43. The molecule has 8 heteroatoms. The van der Waals surface area contributed by atoms with Crippen molar-refractivity contribution in [3.8, 4) is 11.5 Å². The molecule has 1 fully saturated rings. The number of nitrogens with one attached hydrogen (secondary N) is 1. The minimum Gasteiger partial charge on any atom is -0.457 e. The van der Waals surface area contributed by atoms with Crippen LogP contribution < -0.4 is 15.8 Å². The Hall–Kier alpha value is -2.49. The molecule has 1 saturated heterocycles. The number of para-hydroxylation sites is 1. The summed E-state index contributed by atoms with van der Waals surface area (Å²) in [6, 6.07) is 15.9. The third-order valence-electron chi connectivity index (χ3n) is 4.99. The first-order valence-electron chi connectivity index (χ1n) is 10.4. The van der Waals surface area contributed by atoms with Gasteiger partial charge < -0.3 is 25.4 Å². The van der Waals surface area contributed by atoms with Gasteiger partial charge >= 0.3 is 6.09 Å². The molecule has 0 spiro atoms. The van der Waals surface area contributed by atoms with Crippen LogP contribution in [0, 0.1) is 6.92 Å². The summed E-state index contributed by atoms with van der Waals surface area (Å²) in [4.78, 5) is 18.0. The number of nitrogens with zero attached hydrogens (tertiary/aromatic N) is 2. The predicted molar refractivity (Wildman–Crippen MR) is 133 cm³/mol. The van der Waals surface area contributed by atoms with Gasteiger partial charge in [0.2, 0.25) is 0 Å². The second-order valence-electron chi connectivity index (χ2n) is 7.33. The van der Waals surface area contributed by atoms with Crippen LogP contribution in [0.25, 0.3) is 0 Å². The Balaban J connectivity index is 0.00000341. The van der Waals surface area contributed by atoms with Crippen LogP contribution in [0.1, 0.15) is 30.9 Å². The van der Waals surface area contributed by atoms with E-state index in [4.69, 9.17) is 15.2 Å². The molecule has 0 saturated carbocycles. The number of rotatable bonds is 6. The van der Waals surface area contributed by atoms with E-state index in [-0.39, 0.29) is 36.1 Å². The van der Waals surface area contributed by atoms with Gasteiger partial charge in [0.1, 0.15) is 11.5 Å². The summed E-state index contributed by atoms with van der Waals surface area (Å²) in [6.07, 6.45) is 1.37. The molecule has 2 aromatic rings. The fourth-order valence-electron chi connectivity index (χ4n) is 3.35. The Labute approximate surface area is 201 Å². The first kappa shape index (κ1) is 24.8. The van der Waals surface area contributed by atoms with Gasteiger partial charge in [-0.1, -0.05) is 30.3 Å². The quantitative estimate of drug-likeness (QED) is 0.323. The monoisotopic (exact) mass is 538 g/mol. The van der Waals surface area contributed by atoms with Crippen molar-refractivity contribution in [3.05, 3.63) is 59.7 Å². The number of nitrogens with two attached hydrogens (primary N) is 1. The lowest BCUT2D eigenvalue weighted by molar-refractivity contribution is 0.0963. The van der Waals surface area contributed by atoms with E-state index in [1.807, 2.05) is 62.4 Å². The largest absolute Gasteiger partial charge is 0.457 e. The van der Waals surface area contributed by atoms with Crippen molar-refractivity contribution >= 4 is 36.0 Å². The van der Waals surface area contributed by atoms with Crippen LogP contribution in [0.2, 0.25) is 0 Å². The molecule has 0 bridgehead atoms. The zero-order valence-corrected chi connectivity index (χ0v) is 20.4. The van der Waals surface area contributed by atoms with E-state index in [0.717, 1.165) is 35.5 Å². The fourth-order valence-corrected chi connectivity index (χ4v) is 3.35. The Kier molecular flexibility index (Phi) is 9.90. The lowest BCUT2D eigenvalue weighted by Crippen LogP contribution is -2.48. The number of carbonyl (C=O) groups is 1. The molecule has 168 valence electrons. The number of aryl methyl sites for hydroxylation is 1. The summed E-state index contributed by atoms with van der Waals surface area (Å²) < 4.78 is 11.1. The summed E-state index contributed by atoms with van der Waals surface area (Å²) in [5.41, 5.74) is 8.20. The van der Waals surface area contributed by atoms with E-state index in [9.17, 15) is 4.79 Å². The molecule has 3 rings (SSSR count). The van der Waals surface area contributed by atoms with Crippen LogP contribution in [0.5, 0.6) is 11.5 Å². The molecule has 0 aliphatic carbocycles. The number of aliphatic imine (C=N–C) groups is 1. The van der Waals surface area contributed by atoms with Crippen molar-refractivity contribution in [2.24, 2.45) is 10.7 Å². The molecule has 0 radical (unpaired) electrons. The third kappa shape index (κ3) is 7.61. The van der Waals surface area contributed by atoms with Crippen molar-refractivity contribution in [2.75, 3.05) is 19.7 Å². The molecule has 0 unspecified atom stereocenters. The SMILES string of the molecule is CCOC(=O)N1CCC(NC(N)=NCc2ccc(C)cc2Oc2ccccc2)CC1.I. The Morgan fingerprint density at radius 1 is 1.19 bits per heavy atom. The van der Waals surface area contributed by atoms with Crippen molar-refractivity contribution in [1.82, 2.24) is 10.2 Å². The minimum absolute atomic E-state index is 0. The molecule has 1 aliphatic heterocycles. The maximum Gasteiger partial charge on any atom is 0.409 e. The molecule has 2 aromatic carbocycles. The smallest absolute Gasteiger partial charge is 0.409 e. The number of ether oxygens (including phenoxy) is 2. The number of amides is 1. The van der Waals surface area contributed by atoms with E-state index in [1.165, 1.54) is 0 Å². The standard InChI is InChI=1S/C23H30N4O3.HI/c1-3-29-23(28)27-13-11-19(12-14-27)26-22(24)25-16-18-10-9-17(2)15-21(18)30-20-7-5-4-6-8-20;/h4-10,15,19H,3,11-14,16H2,1-2H3,(H3,24,25,26);1H. The van der Waals surface area contributed by atoms with Gasteiger partial charge in [0, 0.05) is 24.7 Å². The molecule has 3 N–H and O–H groups in total. The first-order valence-corrected chi connectivity index (χ1v) is 10.4. The summed E-state index contributed by atoms with van der Waals surface area (Å²) in [5, 5.41) is 3.27. The van der Waals surface area contributed by atoms with Crippen LogP contribution >= 0.6 is 24.0 Å². The van der Waals surface area contributed by atoms with Crippen molar-refractivity contribution < 1.29 is 14.3 Å². The molecule has 31 heavy (non-hydrogen) atoms. The molecule has 1 amide bonds. The average Bonchev–Trinajstić information content (AvgIpc) is 2.74. The Morgan fingerprint density at radius 2 is 1.90 bits per heavy atom. The normalized spacial score (nSPS) is 14.5. The molecule has 1 aliphatic rings. The highest BCUT2D eigenvalue weighted by atomic mass is 127. The number of carbonyl (C=O) groups excluding carboxylic acids is 1. The summed E-state index contributed by atoms with van der Waals surface area (Å²) >= 11 is 0. The number of hydrogen-bond acceptors (Lipinski definition) is 4. The van der Waals surface area contributed by atoms with Crippen LogP contribution in [-0.2, 0) is 11.3 Å². The molecule has 7 nitrogen and oxygen atoms in total. The van der Waals surface area contributed by atoms with Gasteiger partial charge in [-0.25, -0.2) is 9.79 Å². The van der Waals surface area contributed by atoms with Crippen molar-refractivity contribution in [2.45, 2.75) is 39.3 Å². The topological polar surface area (TPSA) is 89.2 Å². The van der Waals surface area contributed by atoms with Crippen molar-refractivity contribution in [3.63, 3.8) is 0 Å². The van der Waals surface area contributed by atoms with E-state index in [1.54, 1.807) is 4.90 Å². The Morgan fingerprint density at radius 3 is 2.58 bits per heavy atom.